The van der Waals surface area contributed by atoms with E-state index in [1.165, 1.54) is 0 Å². The largest absolute Gasteiger partial charge is 0.489 e. The fraction of sp³-hybridized carbons (Fsp3) is 0.512. The molecule has 3 aromatic heterocycles. The molecule has 2 aliphatic heterocycles. The number of hydrogen-bond acceptors (Lipinski definition) is 10. The second kappa shape index (κ2) is 15.3. The molecule has 4 aromatic rings. The lowest BCUT2D eigenvalue weighted by atomic mass is 9.49. The maximum atomic E-state index is 13.4. The molecule has 3 fully saturated rings. The number of fused-ring (bicyclic) bond motifs is 1. The minimum Gasteiger partial charge on any atom is -0.489 e. The Balaban J connectivity index is 0.852. The molecule has 0 spiro atoms. The number of H-pyrrole nitrogens is 1. The zero-order valence-corrected chi connectivity index (χ0v) is 32.6. The Kier molecular flexibility index (Phi) is 10.7. The van der Waals surface area contributed by atoms with Crippen LogP contribution in [-0.2, 0) is 13.0 Å². The number of halogens is 1. The number of piperidine rings is 1. The van der Waals surface area contributed by atoms with Crippen LogP contribution in [0.1, 0.15) is 74.6 Å². The van der Waals surface area contributed by atoms with Crippen molar-refractivity contribution in [2.24, 2.45) is 16.7 Å². The summed E-state index contributed by atoms with van der Waals surface area (Å²) < 4.78 is 6.36. The Hall–Kier alpha value is -4.57. The summed E-state index contributed by atoms with van der Waals surface area (Å²) in [6, 6.07) is 14.6. The van der Waals surface area contributed by atoms with Crippen molar-refractivity contribution >= 4 is 34.4 Å². The Morgan fingerprint density at radius 3 is 2.37 bits per heavy atom. The molecule has 1 aromatic carbocycles. The summed E-state index contributed by atoms with van der Waals surface area (Å²) >= 11 is 6.24. The number of aromatic nitrogens is 4. The second-order valence-electron chi connectivity index (χ2n) is 16.3. The van der Waals surface area contributed by atoms with Gasteiger partial charge in [-0.1, -0.05) is 46.2 Å². The van der Waals surface area contributed by atoms with Gasteiger partial charge in [0.1, 0.15) is 17.9 Å². The summed E-state index contributed by atoms with van der Waals surface area (Å²) in [6.07, 6.45) is 4.63. The van der Waals surface area contributed by atoms with Crippen LogP contribution in [0.3, 0.4) is 0 Å². The summed E-state index contributed by atoms with van der Waals surface area (Å²) in [4.78, 5) is 40.6. The summed E-state index contributed by atoms with van der Waals surface area (Å²) in [5.74, 6) is 1.78. The fourth-order valence-electron chi connectivity index (χ4n) is 9.03. The lowest BCUT2D eigenvalue weighted by Gasteiger charge is -2.63. The number of carbonyl (C=O) groups excluding carboxylic acids is 1. The minimum atomic E-state index is -0.372. The standard InChI is InChI=1S/C41H50ClN9O3/c1-6-28-20-33-34(45-36(28)52)19-27(23-44-33)25-50-17-15-49(16-18-50)24-26-11-13-51(14-12-26)35-10-9-32(47-48-35)37(53)46-38-40(2,3)39(41(38,4)5)54-30-8-7-29(22-43)31(42)21-30/h7-10,19-21,23,26,38-39H,6,11-18,24-25H2,1-5H3,(H,45,52)(H,46,53)/t38-,39-. The summed E-state index contributed by atoms with van der Waals surface area (Å²) in [5.41, 5.74) is 3.46. The Morgan fingerprint density at radius 1 is 1.00 bits per heavy atom. The van der Waals surface area contributed by atoms with E-state index in [2.05, 4.69) is 80.0 Å². The predicted molar refractivity (Wildman–Crippen MR) is 210 cm³/mol. The number of anilines is 1. The van der Waals surface area contributed by atoms with Crippen LogP contribution in [0.5, 0.6) is 5.75 Å². The number of pyridine rings is 2. The number of ether oxygens (including phenoxy) is 1. The monoisotopic (exact) mass is 751 g/mol. The topological polar surface area (TPSA) is 143 Å². The normalized spacial score (nSPS) is 21.7. The number of aromatic amines is 1. The SMILES string of the molecule is CCc1cc2ncc(CN3CCN(CC4CCN(c5ccc(C(=O)N[C@H]6C(C)(C)[C@H](Oc7ccc(C#N)c(Cl)c7)C6(C)C)nn5)CC4)CC3)cc2[nH]c1=O. The molecule has 12 nitrogen and oxygen atoms in total. The first kappa shape index (κ1) is 37.7. The molecule has 1 saturated carbocycles. The average Bonchev–Trinajstić information content (AvgIpc) is 3.16. The third-order valence-electron chi connectivity index (χ3n) is 11.8. The Bertz CT molecular complexity index is 2080. The van der Waals surface area contributed by atoms with E-state index in [1.807, 2.05) is 25.3 Å². The molecule has 2 saturated heterocycles. The second-order valence-corrected chi connectivity index (χ2v) is 16.7. The van der Waals surface area contributed by atoms with E-state index in [4.69, 9.17) is 16.3 Å². The van der Waals surface area contributed by atoms with E-state index in [0.29, 0.717) is 34.4 Å². The zero-order valence-electron chi connectivity index (χ0n) is 31.9. The zero-order chi connectivity index (χ0) is 38.2. The van der Waals surface area contributed by atoms with Crippen molar-refractivity contribution in [3.63, 3.8) is 0 Å². The van der Waals surface area contributed by atoms with Crippen LogP contribution >= 0.6 is 11.6 Å². The van der Waals surface area contributed by atoms with E-state index in [-0.39, 0.29) is 34.4 Å². The molecule has 5 heterocycles. The number of amides is 1. The Labute approximate surface area is 321 Å². The number of nitrogens with zero attached hydrogens (tertiary/aromatic N) is 7. The van der Waals surface area contributed by atoms with E-state index in [1.54, 1.807) is 24.3 Å². The van der Waals surface area contributed by atoms with E-state index in [0.717, 1.165) is 93.2 Å². The predicted octanol–water partition coefficient (Wildman–Crippen LogP) is 5.45. The first-order valence-corrected chi connectivity index (χ1v) is 19.4. The number of nitrogens with one attached hydrogen (secondary N) is 2. The van der Waals surface area contributed by atoms with Crippen molar-refractivity contribution < 1.29 is 9.53 Å². The van der Waals surface area contributed by atoms with E-state index >= 15 is 0 Å². The fourth-order valence-corrected chi connectivity index (χ4v) is 9.24. The van der Waals surface area contributed by atoms with Crippen molar-refractivity contribution in [3.8, 4) is 11.8 Å². The minimum absolute atomic E-state index is 0.0251. The van der Waals surface area contributed by atoms with Crippen molar-refractivity contribution in [2.45, 2.75) is 72.6 Å². The number of aryl methyl sites for hydroxylation is 1. The van der Waals surface area contributed by atoms with Crippen LogP contribution in [0.2, 0.25) is 5.02 Å². The third kappa shape index (κ3) is 7.67. The van der Waals surface area contributed by atoms with Crippen LogP contribution in [0, 0.1) is 28.1 Å². The van der Waals surface area contributed by atoms with Gasteiger partial charge in [0, 0.05) is 87.1 Å². The van der Waals surface area contributed by atoms with Gasteiger partial charge >= 0.3 is 0 Å². The van der Waals surface area contributed by atoms with Crippen molar-refractivity contribution in [2.75, 3.05) is 50.7 Å². The highest BCUT2D eigenvalue weighted by Gasteiger charge is 2.64. The molecule has 0 atom stereocenters. The lowest BCUT2D eigenvalue weighted by Crippen LogP contribution is -2.74. The molecular weight excluding hydrogens is 702 g/mol. The van der Waals surface area contributed by atoms with Gasteiger partial charge in [-0.15, -0.1) is 10.2 Å². The summed E-state index contributed by atoms with van der Waals surface area (Å²) in [6.45, 7) is 18.2. The molecular formula is C41H50ClN9O3. The number of nitriles is 1. The van der Waals surface area contributed by atoms with Gasteiger partial charge in [-0.3, -0.25) is 19.5 Å². The van der Waals surface area contributed by atoms with E-state index in [9.17, 15) is 14.9 Å². The maximum absolute atomic E-state index is 13.4. The average molecular weight is 752 g/mol. The maximum Gasteiger partial charge on any atom is 0.272 e. The summed E-state index contributed by atoms with van der Waals surface area (Å²) in [5, 5.41) is 21.6. The van der Waals surface area contributed by atoms with Crippen LogP contribution in [0.15, 0.2) is 53.5 Å². The summed E-state index contributed by atoms with van der Waals surface area (Å²) in [7, 11) is 0. The number of rotatable bonds is 10. The van der Waals surface area contributed by atoms with Crippen molar-refractivity contribution in [1.29, 1.82) is 5.26 Å². The van der Waals surface area contributed by atoms with Crippen molar-refractivity contribution in [3.05, 3.63) is 86.4 Å². The van der Waals surface area contributed by atoms with Gasteiger partial charge < -0.3 is 24.8 Å². The van der Waals surface area contributed by atoms with Gasteiger partial charge in [0.2, 0.25) is 0 Å². The van der Waals surface area contributed by atoms with Crippen molar-refractivity contribution in [1.82, 2.24) is 35.3 Å². The van der Waals surface area contributed by atoms with Crippen LogP contribution in [-0.4, -0.2) is 93.8 Å². The molecule has 0 bridgehead atoms. The van der Waals surface area contributed by atoms with Gasteiger partial charge in [-0.05, 0) is 67.1 Å². The molecule has 7 rings (SSSR count). The highest BCUT2D eigenvalue weighted by Crippen LogP contribution is 2.55. The number of carbonyl (C=O) groups is 1. The highest BCUT2D eigenvalue weighted by atomic mass is 35.5. The molecule has 54 heavy (non-hydrogen) atoms. The van der Waals surface area contributed by atoms with Crippen LogP contribution < -0.4 is 20.5 Å². The quantitative estimate of drug-likeness (QED) is 0.215. The number of piperazine rings is 1. The molecule has 3 aliphatic rings. The molecule has 0 unspecified atom stereocenters. The van der Waals surface area contributed by atoms with Gasteiger partial charge in [-0.2, -0.15) is 5.26 Å². The number of benzene rings is 1. The Morgan fingerprint density at radius 2 is 1.72 bits per heavy atom. The first-order valence-electron chi connectivity index (χ1n) is 19.1. The van der Waals surface area contributed by atoms with Gasteiger partial charge in [0.15, 0.2) is 11.5 Å². The molecule has 0 radical (unpaired) electrons. The first-order chi connectivity index (χ1) is 25.8. The smallest absolute Gasteiger partial charge is 0.272 e. The van der Waals surface area contributed by atoms with Gasteiger partial charge in [-0.25, -0.2) is 0 Å². The molecule has 13 heteroatoms. The third-order valence-corrected chi connectivity index (χ3v) is 12.2. The molecule has 1 aliphatic carbocycles. The highest BCUT2D eigenvalue weighted by molar-refractivity contribution is 6.31. The molecule has 284 valence electrons. The van der Waals surface area contributed by atoms with Gasteiger partial charge in [0.05, 0.1) is 21.6 Å². The molecule has 2 N–H and O–H groups in total. The van der Waals surface area contributed by atoms with Gasteiger partial charge in [0.25, 0.3) is 11.5 Å². The lowest BCUT2D eigenvalue weighted by molar-refractivity contribution is -0.164. The van der Waals surface area contributed by atoms with Crippen LogP contribution in [0.25, 0.3) is 11.0 Å². The molecule has 1 amide bonds. The van der Waals surface area contributed by atoms with E-state index < -0.39 is 0 Å². The van der Waals surface area contributed by atoms with Crippen LogP contribution in [0.4, 0.5) is 5.82 Å². The number of hydrogen-bond donors (Lipinski definition) is 2.